The molecule has 1 unspecified atom stereocenters. The normalized spacial score (nSPS) is 22.8. The molecule has 1 aromatic rings. The summed E-state index contributed by atoms with van der Waals surface area (Å²) in [6.07, 6.45) is 3.95. The molecular formula is C16H22N2O2. The molecule has 0 spiro atoms. The second-order valence-corrected chi connectivity index (χ2v) is 5.88. The highest BCUT2D eigenvalue weighted by molar-refractivity contribution is 5.90. The molecule has 1 saturated heterocycles. The van der Waals surface area contributed by atoms with Gasteiger partial charge in [0.15, 0.2) is 0 Å². The summed E-state index contributed by atoms with van der Waals surface area (Å²) in [5.41, 5.74) is 2.83. The van der Waals surface area contributed by atoms with Crippen LogP contribution in [0.25, 0.3) is 0 Å². The molecule has 1 saturated carbocycles. The zero-order valence-corrected chi connectivity index (χ0v) is 12.2. The number of nitrogens with zero attached hydrogens (tertiary/aromatic N) is 1. The molecule has 3 rings (SSSR count). The fourth-order valence-corrected chi connectivity index (χ4v) is 2.97. The highest BCUT2D eigenvalue weighted by Crippen LogP contribution is 2.31. The third-order valence-corrected chi connectivity index (χ3v) is 4.29. The minimum atomic E-state index is -0.277. The zero-order chi connectivity index (χ0) is 14.1. The van der Waals surface area contributed by atoms with E-state index in [1.165, 1.54) is 32.9 Å². The van der Waals surface area contributed by atoms with E-state index in [0.29, 0.717) is 11.6 Å². The Morgan fingerprint density at radius 3 is 2.80 bits per heavy atom. The molecule has 0 aromatic heterocycles. The summed E-state index contributed by atoms with van der Waals surface area (Å²) in [5.74, 6) is -0.277. The van der Waals surface area contributed by atoms with Crippen molar-refractivity contribution in [3.05, 3.63) is 29.3 Å². The van der Waals surface area contributed by atoms with E-state index in [-0.39, 0.29) is 5.97 Å². The van der Waals surface area contributed by atoms with Crippen LogP contribution in [0.2, 0.25) is 0 Å². The summed E-state index contributed by atoms with van der Waals surface area (Å²) >= 11 is 0. The van der Waals surface area contributed by atoms with Crippen LogP contribution in [0, 0.1) is 6.92 Å². The molecule has 1 aliphatic carbocycles. The van der Waals surface area contributed by atoms with Crippen LogP contribution in [0.5, 0.6) is 0 Å². The van der Waals surface area contributed by atoms with Crippen molar-refractivity contribution in [1.82, 2.24) is 4.90 Å². The molecule has 1 atom stereocenters. The maximum Gasteiger partial charge on any atom is 0.337 e. The molecule has 1 N–H and O–H groups in total. The van der Waals surface area contributed by atoms with E-state index in [9.17, 15) is 4.79 Å². The lowest BCUT2D eigenvalue weighted by Crippen LogP contribution is -2.27. The number of nitrogens with one attached hydrogen (secondary N) is 1. The van der Waals surface area contributed by atoms with Crippen molar-refractivity contribution in [3.8, 4) is 0 Å². The number of anilines is 1. The van der Waals surface area contributed by atoms with Gasteiger partial charge in [-0.2, -0.15) is 0 Å². The van der Waals surface area contributed by atoms with E-state index in [1.807, 2.05) is 25.1 Å². The maximum absolute atomic E-state index is 11.5. The van der Waals surface area contributed by atoms with Crippen LogP contribution in [0.3, 0.4) is 0 Å². The minimum absolute atomic E-state index is 0.277. The Balaban J connectivity index is 1.64. The van der Waals surface area contributed by atoms with Crippen molar-refractivity contribution >= 4 is 11.7 Å². The van der Waals surface area contributed by atoms with E-state index >= 15 is 0 Å². The van der Waals surface area contributed by atoms with Crippen LogP contribution < -0.4 is 5.32 Å². The summed E-state index contributed by atoms with van der Waals surface area (Å²) in [4.78, 5) is 14.1. The predicted octanol–water partition coefficient (Wildman–Crippen LogP) is 2.43. The standard InChI is InChI=1S/C16H22N2O2/c1-11-9-12(16(19)20-2)3-6-15(11)17-13-7-8-18(10-13)14-4-5-14/h3,6,9,13-14,17H,4-5,7-8,10H2,1-2H3. The lowest BCUT2D eigenvalue weighted by Gasteiger charge is -2.18. The van der Waals surface area contributed by atoms with E-state index in [2.05, 4.69) is 10.2 Å². The quantitative estimate of drug-likeness (QED) is 0.856. The van der Waals surface area contributed by atoms with Gasteiger partial charge in [-0.15, -0.1) is 0 Å². The van der Waals surface area contributed by atoms with Gasteiger partial charge in [0.25, 0.3) is 0 Å². The van der Waals surface area contributed by atoms with Crippen molar-refractivity contribution in [2.45, 2.75) is 38.3 Å². The fourth-order valence-electron chi connectivity index (χ4n) is 2.97. The summed E-state index contributed by atoms with van der Waals surface area (Å²) < 4.78 is 4.75. The number of aryl methyl sites for hydroxylation is 1. The topological polar surface area (TPSA) is 41.6 Å². The van der Waals surface area contributed by atoms with Crippen molar-refractivity contribution in [1.29, 1.82) is 0 Å². The predicted molar refractivity (Wildman–Crippen MR) is 79.1 cm³/mol. The lowest BCUT2D eigenvalue weighted by atomic mass is 10.1. The number of rotatable bonds is 4. The van der Waals surface area contributed by atoms with Crippen molar-refractivity contribution in [3.63, 3.8) is 0 Å². The molecule has 2 fully saturated rings. The van der Waals surface area contributed by atoms with Crippen LogP contribution >= 0.6 is 0 Å². The molecule has 4 nitrogen and oxygen atoms in total. The molecule has 0 radical (unpaired) electrons. The number of esters is 1. The summed E-state index contributed by atoms with van der Waals surface area (Å²) in [7, 11) is 1.41. The molecule has 1 aromatic carbocycles. The van der Waals surface area contributed by atoms with Gasteiger partial charge in [0, 0.05) is 30.9 Å². The van der Waals surface area contributed by atoms with Gasteiger partial charge in [-0.1, -0.05) is 0 Å². The summed E-state index contributed by atoms with van der Waals surface area (Å²) in [5, 5.41) is 3.61. The first-order valence-electron chi connectivity index (χ1n) is 7.37. The van der Waals surface area contributed by atoms with Gasteiger partial charge in [-0.05, 0) is 49.9 Å². The highest BCUT2D eigenvalue weighted by atomic mass is 16.5. The van der Waals surface area contributed by atoms with Gasteiger partial charge >= 0.3 is 5.97 Å². The molecule has 1 heterocycles. The Morgan fingerprint density at radius 1 is 1.35 bits per heavy atom. The van der Waals surface area contributed by atoms with Crippen LogP contribution in [0.1, 0.15) is 35.2 Å². The third-order valence-electron chi connectivity index (χ3n) is 4.29. The molecule has 4 heteroatoms. The van der Waals surface area contributed by atoms with Gasteiger partial charge in [0.1, 0.15) is 0 Å². The van der Waals surface area contributed by atoms with Crippen molar-refractivity contribution in [2.24, 2.45) is 0 Å². The maximum atomic E-state index is 11.5. The van der Waals surface area contributed by atoms with E-state index in [0.717, 1.165) is 23.8 Å². The molecule has 2 aliphatic rings. The highest BCUT2D eigenvalue weighted by Gasteiger charge is 2.34. The van der Waals surface area contributed by atoms with Crippen LogP contribution in [0.15, 0.2) is 18.2 Å². The minimum Gasteiger partial charge on any atom is -0.465 e. The van der Waals surface area contributed by atoms with E-state index in [1.54, 1.807) is 0 Å². The van der Waals surface area contributed by atoms with Crippen LogP contribution in [-0.2, 0) is 4.74 Å². The van der Waals surface area contributed by atoms with Crippen LogP contribution in [-0.4, -0.2) is 43.2 Å². The molecule has 0 amide bonds. The Labute approximate surface area is 120 Å². The molecule has 20 heavy (non-hydrogen) atoms. The average Bonchev–Trinajstić information content (AvgIpc) is 3.20. The number of likely N-dealkylation sites (tertiary alicyclic amines) is 1. The fraction of sp³-hybridized carbons (Fsp3) is 0.562. The van der Waals surface area contributed by atoms with Crippen molar-refractivity contribution in [2.75, 3.05) is 25.5 Å². The van der Waals surface area contributed by atoms with E-state index in [4.69, 9.17) is 4.74 Å². The van der Waals surface area contributed by atoms with Gasteiger partial charge in [0.2, 0.25) is 0 Å². The Hall–Kier alpha value is -1.55. The Morgan fingerprint density at radius 2 is 2.15 bits per heavy atom. The third kappa shape index (κ3) is 2.80. The summed E-state index contributed by atoms with van der Waals surface area (Å²) in [6.45, 7) is 4.38. The number of carbonyl (C=O) groups excluding carboxylic acids is 1. The number of hydrogen-bond donors (Lipinski definition) is 1. The lowest BCUT2D eigenvalue weighted by molar-refractivity contribution is 0.0600. The smallest absolute Gasteiger partial charge is 0.337 e. The number of methoxy groups -OCH3 is 1. The van der Waals surface area contributed by atoms with Gasteiger partial charge < -0.3 is 10.1 Å². The number of hydrogen-bond acceptors (Lipinski definition) is 4. The first-order valence-corrected chi connectivity index (χ1v) is 7.37. The monoisotopic (exact) mass is 274 g/mol. The second-order valence-electron chi connectivity index (χ2n) is 5.88. The second kappa shape index (κ2) is 5.44. The molecular weight excluding hydrogens is 252 g/mol. The van der Waals surface area contributed by atoms with Gasteiger partial charge in [-0.3, -0.25) is 4.90 Å². The SMILES string of the molecule is COC(=O)c1ccc(NC2CCN(C3CC3)C2)c(C)c1. The number of ether oxygens (including phenoxy) is 1. The Bertz CT molecular complexity index is 511. The Kier molecular flexibility index (Phi) is 3.66. The van der Waals surface area contributed by atoms with Gasteiger partial charge in [-0.25, -0.2) is 4.79 Å². The molecule has 0 bridgehead atoms. The van der Waals surface area contributed by atoms with Crippen molar-refractivity contribution < 1.29 is 9.53 Å². The first-order chi connectivity index (χ1) is 9.67. The average molecular weight is 274 g/mol. The summed E-state index contributed by atoms with van der Waals surface area (Å²) in [6, 6.07) is 7.08. The molecule has 1 aliphatic heterocycles. The number of benzene rings is 1. The van der Waals surface area contributed by atoms with E-state index < -0.39 is 0 Å². The van der Waals surface area contributed by atoms with Crippen LogP contribution in [0.4, 0.5) is 5.69 Å². The molecule has 108 valence electrons. The largest absolute Gasteiger partial charge is 0.465 e. The van der Waals surface area contributed by atoms with Gasteiger partial charge in [0.05, 0.1) is 12.7 Å². The first kappa shape index (κ1) is 13.4. The zero-order valence-electron chi connectivity index (χ0n) is 12.2. The number of carbonyl (C=O) groups is 1.